The number of carbonyl (C=O) groups is 1. The van der Waals surface area contributed by atoms with Gasteiger partial charge in [-0.2, -0.15) is 0 Å². The topological polar surface area (TPSA) is 169 Å². The van der Waals surface area contributed by atoms with Gasteiger partial charge in [-0.1, -0.05) is 162 Å². The Bertz CT molecular complexity index is 758. The highest BCUT2D eigenvalue weighted by Gasteiger charge is 2.44. The Kier molecular flexibility index (Phi) is 29.0. The smallest absolute Gasteiger partial charge is 0.220 e. The quantitative estimate of drug-likeness (QED) is 0.0394. The summed E-state index contributed by atoms with van der Waals surface area (Å²) in [5, 5.41) is 64.3. The number of nitrogens with one attached hydrogen (secondary N) is 1. The van der Waals surface area contributed by atoms with Gasteiger partial charge in [0, 0.05) is 6.42 Å². The maximum atomic E-state index is 12.8. The van der Waals surface area contributed by atoms with Crippen molar-refractivity contribution in [3.8, 4) is 0 Å². The fraction of sp³-hybridized carbons (Fsp3) is 0.974. The van der Waals surface area contributed by atoms with E-state index in [1.54, 1.807) is 0 Å². The molecule has 8 atom stereocenters. The minimum absolute atomic E-state index is 0.262. The fourth-order valence-corrected chi connectivity index (χ4v) is 6.67. The summed E-state index contributed by atoms with van der Waals surface area (Å²) in [7, 11) is 0. The Hall–Kier alpha value is -0.850. The average molecular weight is 704 g/mol. The first-order valence-corrected chi connectivity index (χ1v) is 20.3. The minimum Gasteiger partial charge on any atom is -0.394 e. The second-order valence-corrected chi connectivity index (χ2v) is 14.6. The lowest BCUT2D eigenvalue weighted by Crippen LogP contribution is -2.60. The van der Waals surface area contributed by atoms with Gasteiger partial charge in [0.25, 0.3) is 0 Å². The lowest BCUT2D eigenvalue weighted by molar-refractivity contribution is -0.303. The van der Waals surface area contributed by atoms with E-state index in [4.69, 9.17) is 9.47 Å². The van der Waals surface area contributed by atoms with Crippen LogP contribution in [-0.4, -0.2) is 98.7 Å². The lowest BCUT2D eigenvalue weighted by atomic mass is 9.98. The van der Waals surface area contributed by atoms with E-state index in [0.717, 1.165) is 44.9 Å². The van der Waals surface area contributed by atoms with Crippen LogP contribution in [0, 0.1) is 0 Å². The SMILES string of the molecule is CCCCCCCCCCCCCCCCCCCCCCC(=O)N[C@@H](CO[C@H]1O[C@H](CO)[C@H](O)[C@H](O)[C@H]1O)[C@H](O)[C@H](O)CCCCCC. The molecule has 49 heavy (non-hydrogen) atoms. The van der Waals surface area contributed by atoms with Crippen LogP contribution in [0.25, 0.3) is 0 Å². The van der Waals surface area contributed by atoms with Crippen molar-refractivity contribution in [2.75, 3.05) is 13.2 Å². The molecule has 1 aliphatic rings. The van der Waals surface area contributed by atoms with Crippen LogP contribution in [0.1, 0.15) is 181 Å². The summed E-state index contributed by atoms with van der Waals surface area (Å²) in [5.74, 6) is -0.262. The van der Waals surface area contributed by atoms with Gasteiger partial charge in [0.15, 0.2) is 6.29 Å². The summed E-state index contributed by atoms with van der Waals surface area (Å²) in [4.78, 5) is 12.8. The van der Waals surface area contributed by atoms with Crippen molar-refractivity contribution in [3.05, 3.63) is 0 Å². The van der Waals surface area contributed by atoms with E-state index < -0.39 is 55.6 Å². The maximum absolute atomic E-state index is 12.8. The van der Waals surface area contributed by atoms with Crippen LogP contribution in [0.5, 0.6) is 0 Å². The van der Waals surface area contributed by atoms with E-state index in [1.165, 1.54) is 109 Å². The summed E-state index contributed by atoms with van der Waals surface area (Å²) in [6.45, 7) is 3.46. The van der Waals surface area contributed by atoms with Crippen LogP contribution in [0.3, 0.4) is 0 Å². The first-order chi connectivity index (χ1) is 23.8. The van der Waals surface area contributed by atoms with Crippen molar-refractivity contribution in [2.24, 2.45) is 0 Å². The number of hydrogen-bond donors (Lipinski definition) is 7. The molecule has 0 bridgehead atoms. The number of rotatable bonds is 33. The second kappa shape index (κ2) is 30.7. The molecule has 1 amide bonds. The Morgan fingerprint density at radius 2 is 1.06 bits per heavy atom. The van der Waals surface area contributed by atoms with Gasteiger partial charge in [-0.25, -0.2) is 0 Å². The number of ether oxygens (including phenoxy) is 2. The molecule has 10 heteroatoms. The number of aliphatic hydroxyl groups is 6. The van der Waals surface area contributed by atoms with Crippen molar-refractivity contribution >= 4 is 5.91 Å². The van der Waals surface area contributed by atoms with Crippen molar-refractivity contribution < 1.29 is 44.9 Å². The monoisotopic (exact) mass is 704 g/mol. The van der Waals surface area contributed by atoms with E-state index in [1.807, 2.05) is 0 Å². The molecule has 1 aliphatic heterocycles. The first kappa shape index (κ1) is 46.2. The van der Waals surface area contributed by atoms with Gasteiger partial charge >= 0.3 is 0 Å². The van der Waals surface area contributed by atoms with Gasteiger partial charge in [-0.15, -0.1) is 0 Å². The van der Waals surface area contributed by atoms with Gasteiger partial charge < -0.3 is 45.4 Å². The molecular weight excluding hydrogens is 626 g/mol. The number of amides is 1. The molecule has 0 radical (unpaired) electrons. The predicted molar refractivity (Wildman–Crippen MR) is 195 cm³/mol. The van der Waals surface area contributed by atoms with Crippen LogP contribution in [0.15, 0.2) is 0 Å². The Balaban J connectivity index is 2.26. The number of carbonyl (C=O) groups excluding carboxylic acids is 1. The highest BCUT2D eigenvalue weighted by molar-refractivity contribution is 5.76. The van der Waals surface area contributed by atoms with Crippen LogP contribution in [0.4, 0.5) is 0 Å². The van der Waals surface area contributed by atoms with Gasteiger partial charge in [0.2, 0.25) is 5.91 Å². The van der Waals surface area contributed by atoms with Crippen molar-refractivity contribution in [1.29, 1.82) is 0 Å². The maximum Gasteiger partial charge on any atom is 0.220 e. The molecule has 1 fully saturated rings. The molecule has 292 valence electrons. The highest BCUT2D eigenvalue weighted by atomic mass is 16.7. The van der Waals surface area contributed by atoms with Crippen molar-refractivity contribution in [3.63, 3.8) is 0 Å². The third-order valence-electron chi connectivity index (χ3n) is 10.1. The number of unbranched alkanes of at least 4 members (excludes halogenated alkanes) is 22. The normalized spacial score (nSPS) is 23.0. The van der Waals surface area contributed by atoms with Gasteiger partial charge in [0.05, 0.1) is 25.4 Å². The molecule has 0 aromatic carbocycles. The van der Waals surface area contributed by atoms with Crippen LogP contribution >= 0.6 is 0 Å². The summed E-state index contributed by atoms with van der Waals surface area (Å²) in [6, 6.07) is -0.980. The minimum atomic E-state index is -1.60. The van der Waals surface area contributed by atoms with E-state index in [-0.39, 0.29) is 18.9 Å². The zero-order valence-corrected chi connectivity index (χ0v) is 31.3. The van der Waals surface area contributed by atoms with E-state index >= 15 is 0 Å². The molecule has 1 rings (SSSR count). The standard InChI is InChI=1S/C39H77NO9/c1-3-5-7-9-10-11-12-13-14-15-16-17-18-19-20-21-22-23-24-26-28-34(43)40-31(35(44)32(42)27-25-8-6-4-2)30-48-39-38(47)37(46)36(45)33(29-41)49-39/h31-33,35-39,41-42,44-47H,3-30H2,1-2H3,(H,40,43)/t31-,32+,33+,35-,36-,37-,38+,39-/m0/s1. The molecule has 0 aromatic heterocycles. The third kappa shape index (κ3) is 22.0. The second-order valence-electron chi connectivity index (χ2n) is 14.6. The van der Waals surface area contributed by atoms with E-state index in [2.05, 4.69) is 19.2 Å². The summed E-state index contributed by atoms with van der Waals surface area (Å²) in [5.41, 5.74) is 0. The third-order valence-corrected chi connectivity index (χ3v) is 10.1. The largest absolute Gasteiger partial charge is 0.394 e. The van der Waals surface area contributed by atoms with Gasteiger partial charge in [-0.05, 0) is 12.8 Å². The molecule has 10 nitrogen and oxygen atoms in total. The molecule has 0 aliphatic carbocycles. The Labute approximate surface area is 298 Å². The van der Waals surface area contributed by atoms with Gasteiger partial charge in [-0.3, -0.25) is 4.79 Å². The molecule has 0 spiro atoms. The zero-order valence-electron chi connectivity index (χ0n) is 31.3. The van der Waals surface area contributed by atoms with E-state index in [9.17, 15) is 35.4 Å². The number of hydrogen-bond acceptors (Lipinski definition) is 9. The number of aliphatic hydroxyl groups excluding tert-OH is 6. The predicted octanol–water partition coefficient (Wildman–Crippen LogP) is 6.19. The molecule has 0 saturated carbocycles. The van der Waals surface area contributed by atoms with Crippen molar-refractivity contribution in [2.45, 2.75) is 230 Å². The molecular formula is C39H77NO9. The molecule has 1 saturated heterocycles. The molecule has 7 N–H and O–H groups in total. The lowest BCUT2D eigenvalue weighted by Gasteiger charge is -2.40. The Morgan fingerprint density at radius 1 is 0.633 bits per heavy atom. The van der Waals surface area contributed by atoms with Crippen molar-refractivity contribution in [1.82, 2.24) is 5.32 Å². The highest BCUT2D eigenvalue weighted by Crippen LogP contribution is 2.23. The van der Waals surface area contributed by atoms with E-state index in [0.29, 0.717) is 6.42 Å². The van der Waals surface area contributed by atoms with Crippen LogP contribution in [0.2, 0.25) is 0 Å². The molecule has 0 unspecified atom stereocenters. The molecule has 1 heterocycles. The summed E-state index contributed by atoms with van der Waals surface area (Å²) >= 11 is 0. The summed E-state index contributed by atoms with van der Waals surface area (Å²) in [6.07, 6.45) is 20.5. The molecule has 0 aromatic rings. The fourth-order valence-electron chi connectivity index (χ4n) is 6.67. The van der Waals surface area contributed by atoms with Crippen LogP contribution in [-0.2, 0) is 14.3 Å². The zero-order chi connectivity index (χ0) is 36.1. The first-order valence-electron chi connectivity index (χ1n) is 20.3. The summed E-state index contributed by atoms with van der Waals surface area (Å²) < 4.78 is 11.0. The van der Waals surface area contributed by atoms with Crippen LogP contribution < -0.4 is 5.32 Å². The Morgan fingerprint density at radius 3 is 1.51 bits per heavy atom. The van der Waals surface area contributed by atoms with Gasteiger partial charge in [0.1, 0.15) is 30.5 Å². The average Bonchev–Trinajstić information content (AvgIpc) is 3.10.